The van der Waals surface area contributed by atoms with Gasteiger partial charge in [0.2, 0.25) is 0 Å². The average molecular weight is 311 g/mol. The Morgan fingerprint density at radius 3 is 1.92 bits per heavy atom. The Morgan fingerprint density at radius 1 is 0.667 bits per heavy atom. The lowest BCUT2D eigenvalue weighted by atomic mass is 9.87. The Kier molecular flexibility index (Phi) is 3.79. The van der Waals surface area contributed by atoms with Gasteiger partial charge < -0.3 is 5.32 Å². The van der Waals surface area contributed by atoms with Gasteiger partial charge in [0.05, 0.1) is 0 Å². The number of rotatable bonds is 3. The molecule has 0 aliphatic carbocycles. The highest BCUT2D eigenvalue weighted by molar-refractivity contribution is 6.07. The summed E-state index contributed by atoms with van der Waals surface area (Å²) in [6.45, 7) is 3.08. The molecule has 24 heavy (non-hydrogen) atoms. The zero-order valence-corrected chi connectivity index (χ0v) is 14.1. The van der Waals surface area contributed by atoms with Gasteiger partial charge >= 0.3 is 0 Å². The van der Waals surface area contributed by atoms with Crippen LogP contribution in [-0.2, 0) is 6.54 Å². The second-order valence-electron chi connectivity index (χ2n) is 6.33. The lowest BCUT2D eigenvalue weighted by Crippen LogP contribution is -2.07. The SMILES string of the molecule is CNCc1ccc2ccccc2c1-c1c(C)ccc2ccccc12. The summed E-state index contributed by atoms with van der Waals surface area (Å²) in [5, 5.41) is 8.56. The fraction of sp³-hybridized carbons (Fsp3) is 0.130. The molecule has 1 nitrogen and oxygen atoms in total. The minimum absolute atomic E-state index is 0.864. The Bertz CT molecular complexity index is 1030. The molecule has 4 aromatic rings. The zero-order valence-electron chi connectivity index (χ0n) is 14.1. The van der Waals surface area contributed by atoms with Gasteiger partial charge in [-0.1, -0.05) is 72.8 Å². The molecule has 1 N–H and O–H groups in total. The van der Waals surface area contributed by atoms with Crippen LogP contribution in [0.4, 0.5) is 0 Å². The monoisotopic (exact) mass is 311 g/mol. The average Bonchev–Trinajstić information content (AvgIpc) is 2.62. The number of hydrogen-bond donors (Lipinski definition) is 1. The van der Waals surface area contributed by atoms with Crippen LogP contribution >= 0.6 is 0 Å². The van der Waals surface area contributed by atoms with E-state index in [1.807, 2.05) is 7.05 Å². The maximum Gasteiger partial charge on any atom is 0.0208 e. The van der Waals surface area contributed by atoms with Gasteiger partial charge in [0.1, 0.15) is 0 Å². The summed E-state index contributed by atoms with van der Waals surface area (Å²) >= 11 is 0. The van der Waals surface area contributed by atoms with Crippen LogP contribution in [0, 0.1) is 6.92 Å². The molecule has 0 aliphatic heterocycles. The molecule has 118 valence electrons. The van der Waals surface area contributed by atoms with E-state index in [4.69, 9.17) is 0 Å². The standard InChI is InChI=1S/C23H21N/c1-16-11-12-17-7-3-5-9-20(17)22(16)23-19(15-24-2)14-13-18-8-4-6-10-21(18)23/h3-14,24H,15H2,1-2H3. The van der Waals surface area contributed by atoms with Crippen molar-refractivity contribution >= 4 is 21.5 Å². The lowest BCUT2D eigenvalue weighted by molar-refractivity contribution is 0.820. The molecule has 0 amide bonds. The molecule has 0 saturated carbocycles. The maximum absolute atomic E-state index is 3.33. The van der Waals surface area contributed by atoms with Crippen LogP contribution in [0.15, 0.2) is 72.8 Å². The Balaban J connectivity index is 2.17. The van der Waals surface area contributed by atoms with Gasteiger partial charge in [-0.25, -0.2) is 0 Å². The van der Waals surface area contributed by atoms with Crippen molar-refractivity contribution in [3.05, 3.63) is 83.9 Å². The van der Waals surface area contributed by atoms with Crippen LogP contribution in [-0.4, -0.2) is 7.05 Å². The molecule has 0 saturated heterocycles. The molecule has 0 atom stereocenters. The van der Waals surface area contributed by atoms with E-state index in [2.05, 4.69) is 85.0 Å². The van der Waals surface area contributed by atoms with Crippen LogP contribution in [0.3, 0.4) is 0 Å². The number of nitrogens with one attached hydrogen (secondary N) is 1. The van der Waals surface area contributed by atoms with Crippen molar-refractivity contribution in [1.29, 1.82) is 0 Å². The number of benzene rings is 4. The third-order valence-corrected chi connectivity index (χ3v) is 4.77. The first-order valence-corrected chi connectivity index (χ1v) is 8.43. The molecule has 4 aromatic carbocycles. The molecule has 0 spiro atoms. The molecule has 0 fully saturated rings. The fourth-order valence-electron chi connectivity index (χ4n) is 3.66. The van der Waals surface area contributed by atoms with Crippen LogP contribution in [0.5, 0.6) is 0 Å². The van der Waals surface area contributed by atoms with Crippen LogP contribution in [0.25, 0.3) is 32.7 Å². The molecule has 4 rings (SSSR count). The van der Waals surface area contributed by atoms with Crippen molar-refractivity contribution in [1.82, 2.24) is 5.32 Å². The molecule has 0 bridgehead atoms. The van der Waals surface area contributed by atoms with Crippen molar-refractivity contribution in [2.24, 2.45) is 0 Å². The van der Waals surface area contributed by atoms with E-state index in [-0.39, 0.29) is 0 Å². The predicted molar refractivity (Wildman–Crippen MR) is 104 cm³/mol. The largest absolute Gasteiger partial charge is 0.316 e. The Hall–Kier alpha value is -2.64. The van der Waals surface area contributed by atoms with E-state index in [0.29, 0.717) is 0 Å². The fourth-order valence-corrected chi connectivity index (χ4v) is 3.66. The van der Waals surface area contributed by atoms with Gasteiger partial charge in [0.25, 0.3) is 0 Å². The van der Waals surface area contributed by atoms with Gasteiger partial charge in [-0.05, 0) is 57.8 Å². The van der Waals surface area contributed by atoms with E-state index in [0.717, 1.165) is 6.54 Å². The number of fused-ring (bicyclic) bond motifs is 2. The Labute approximate surface area is 142 Å². The van der Waals surface area contributed by atoms with Crippen molar-refractivity contribution in [3.8, 4) is 11.1 Å². The first-order chi connectivity index (χ1) is 11.8. The summed E-state index contributed by atoms with van der Waals surface area (Å²) in [5.74, 6) is 0. The van der Waals surface area contributed by atoms with E-state index in [1.54, 1.807) is 0 Å². The second-order valence-corrected chi connectivity index (χ2v) is 6.33. The topological polar surface area (TPSA) is 12.0 Å². The number of aryl methyl sites for hydroxylation is 1. The third-order valence-electron chi connectivity index (χ3n) is 4.77. The molecule has 0 aromatic heterocycles. The Morgan fingerprint density at radius 2 is 1.25 bits per heavy atom. The van der Waals surface area contributed by atoms with E-state index in [9.17, 15) is 0 Å². The van der Waals surface area contributed by atoms with Crippen LogP contribution < -0.4 is 5.32 Å². The summed E-state index contributed by atoms with van der Waals surface area (Å²) in [4.78, 5) is 0. The highest BCUT2D eigenvalue weighted by Gasteiger charge is 2.14. The van der Waals surface area contributed by atoms with Gasteiger partial charge in [0, 0.05) is 6.54 Å². The molecule has 0 aliphatic rings. The maximum atomic E-state index is 3.33. The lowest BCUT2D eigenvalue weighted by Gasteiger charge is -2.18. The minimum Gasteiger partial charge on any atom is -0.316 e. The normalized spacial score (nSPS) is 11.2. The van der Waals surface area contributed by atoms with E-state index >= 15 is 0 Å². The summed E-state index contributed by atoms with van der Waals surface area (Å²) < 4.78 is 0. The van der Waals surface area contributed by atoms with E-state index in [1.165, 1.54) is 43.8 Å². The molecule has 0 unspecified atom stereocenters. The summed E-state index contributed by atoms with van der Waals surface area (Å²) in [5.41, 5.74) is 5.38. The highest BCUT2D eigenvalue weighted by Crippen LogP contribution is 2.38. The first-order valence-electron chi connectivity index (χ1n) is 8.43. The van der Waals surface area contributed by atoms with Gasteiger partial charge in [-0.15, -0.1) is 0 Å². The van der Waals surface area contributed by atoms with Gasteiger partial charge in [-0.3, -0.25) is 0 Å². The molecule has 0 heterocycles. The molecular weight excluding hydrogens is 290 g/mol. The molecular formula is C23H21N. The smallest absolute Gasteiger partial charge is 0.0208 e. The van der Waals surface area contributed by atoms with Crippen LogP contribution in [0.2, 0.25) is 0 Å². The number of hydrogen-bond acceptors (Lipinski definition) is 1. The van der Waals surface area contributed by atoms with Crippen molar-refractivity contribution in [2.75, 3.05) is 7.05 Å². The first kappa shape index (κ1) is 14.9. The van der Waals surface area contributed by atoms with Crippen molar-refractivity contribution in [3.63, 3.8) is 0 Å². The summed E-state index contributed by atoms with van der Waals surface area (Å²) in [6.07, 6.45) is 0. The highest BCUT2D eigenvalue weighted by atomic mass is 14.8. The summed E-state index contributed by atoms with van der Waals surface area (Å²) in [7, 11) is 2.01. The molecule has 0 radical (unpaired) electrons. The van der Waals surface area contributed by atoms with Gasteiger partial charge in [0.15, 0.2) is 0 Å². The quantitative estimate of drug-likeness (QED) is 0.512. The third kappa shape index (κ3) is 2.38. The molecule has 1 heteroatoms. The second kappa shape index (κ2) is 6.10. The summed E-state index contributed by atoms with van der Waals surface area (Å²) in [6, 6.07) is 26.3. The van der Waals surface area contributed by atoms with Crippen molar-refractivity contribution in [2.45, 2.75) is 13.5 Å². The van der Waals surface area contributed by atoms with Gasteiger partial charge in [-0.2, -0.15) is 0 Å². The predicted octanol–water partition coefficient (Wildman–Crippen LogP) is 5.69. The van der Waals surface area contributed by atoms with E-state index < -0.39 is 0 Å². The van der Waals surface area contributed by atoms with Crippen LogP contribution in [0.1, 0.15) is 11.1 Å². The zero-order chi connectivity index (χ0) is 16.5. The minimum atomic E-state index is 0.864. The van der Waals surface area contributed by atoms with Crippen molar-refractivity contribution < 1.29 is 0 Å².